The van der Waals surface area contributed by atoms with Crippen molar-refractivity contribution in [3.05, 3.63) is 58.5 Å². The van der Waals surface area contributed by atoms with E-state index in [1.807, 2.05) is 30.3 Å². The van der Waals surface area contributed by atoms with Crippen LogP contribution in [0, 0.1) is 0 Å². The van der Waals surface area contributed by atoms with Crippen molar-refractivity contribution in [2.45, 2.75) is 6.54 Å². The lowest BCUT2D eigenvalue weighted by atomic mass is 10.2. The fourth-order valence-electron chi connectivity index (χ4n) is 1.40. The average molecular weight is 216 g/mol. The van der Waals surface area contributed by atoms with E-state index in [-0.39, 0.29) is 5.56 Å². The molecule has 0 N–H and O–H groups in total. The van der Waals surface area contributed by atoms with E-state index in [2.05, 4.69) is 5.10 Å². The van der Waals surface area contributed by atoms with Crippen molar-refractivity contribution in [2.75, 3.05) is 7.11 Å². The van der Waals surface area contributed by atoms with Crippen LogP contribution < -0.4 is 10.3 Å². The molecule has 0 aliphatic carbocycles. The van der Waals surface area contributed by atoms with Gasteiger partial charge in [0, 0.05) is 6.07 Å². The molecule has 0 bridgehead atoms. The van der Waals surface area contributed by atoms with Gasteiger partial charge in [0.1, 0.15) is 5.75 Å². The molecule has 1 aromatic carbocycles. The fraction of sp³-hybridized carbons (Fsp3) is 0.167. The van der Waals surface area contributed by atoms with E-state index >= 15 is 0 Å². The third kappa shape index (κ3) is 2.28. The van der Waals surface area contributed by atoms with Crippen LogP contribution >= 0.6 is 0 Å². The van der Waals surface area contributed by atoms with Gasteiger partial charge in [-0.25, -0.2) is 4.68 Å². The Labute approximate surface area is 93.1 Å². The van der Waals surface area contributed by atoms with E-state index in [0.29, 0.717) is 12.3 Å². The molecule has 0 radical (unpaired) electrons. The summed E-state index contributed by atoms with van der Waals surface area (Å²) in [7, 11) is 1.51. The molecule has 2 aromatic rings. The van der Waals surface area contributed by atoms with Gasteiger partial charge in [0.25, 0.3) is 5.56 Å². The van der Waals surface area contributed by atoms with Crippen molar-refractivity contribution in [2.24, 2.45) is 0 Å². The molecule has 82 valence electrons. The Morgan fingerprint density at radius 3 is 2.69 bits per heavy atom. The lowest BCUT2D eigenvalue weighted by Gasteiger charge is -2.05. The summed E-state index contributed by atoms with van der Waals surface area (Å²) in [5.41, 5.74) is 0.880. The fourth-order valence-corrected chi connectivity index (χ4v) is 1.40. The standard InChI is InChI=1S/C12H12N2O2/c1-16-11-7-12(15)14(13-8-11)9-10-5-3-2-4-6-10/h2-8H,9H2,1H3. The normalized spacial score (nSPS) is 10.1. The van der Waals surface area contributed by atoms with Crippen LogP contribution in [0.2, 0.25) is 0 Å². The lowest BCUT2D eigenvalue weighted by Crippen LogP contribution is -2.22. The molecule has 1 heterocycles. The number of ether oxygens (including phenoxy) is 1. The predicted molar refractivity (Wildman–Crippen MR) is 60.6 cm³/mol. The number of rotatable bonds is 3. The first-order chi connectivity index (χ1) is 7.79. The highest BCUT2D eigenvalue weighted by Gasteiger charge is 2.00. The SMILES string of the molecule is COc1cnn(Cc2ccccc2)c(=O)c1. The van der Waals surface area contributed by atoms with E-state index in [1.54, 1.807) is 0 Å². The van der Waals surface area contributed by atoms with Crippen LogP contribution in [-0.2, 0) is 6.54 Å². The van der Waals surface area contributed by atoms with Gasteiger partial charge in [0.15, 0.2) is 0 Å². The molecule has 4 nitrogen and oxygen atoms in total. The Hall–Kier alpha value is -2.10. The first-order valence-corrected chi connectivity index (χ1v) is 4.94. The first kappa shape index (κ1) is 10.4. The molecule has 0 spiro atoms. The highest BCUT2D eigenvalue weighted by molar-refractivity contribution is 5.16. The molecular weight excluding hydrogens is 204 g/mol. The zero-order valence-electron chi connectivity index (χ0n) is 8.96. The largest absolute Gasteiger partial charge is 0.495 e. The molecule has 0 fully saturated rings. The second-order valence-electron chi connectivity index (χ2n) is 3.38. The summed E-state index contributed by atoms with van der Waals surface area (Å²) in [6.07, 6.45) is 1.53. The van der Waals surface area contributed by atoms with Gasteiger partial charge in [-0.1, -0.05) is 30.3 Å². The maximum Gasteiger partial charge on any atom is 0.270 e. The maximum atomic E-state index is 11.6. The van der Waals surface area contributed by atoms with Crippen LogP contribution in [0.15, 0.2) is 47.4 Å². The van der Waals surface area contributed by atoms with Crippen molar-refractivity contribution in [1.29, 1.82) is 0 Å². The highest BCUT2D eigenvalue weighted by Crippen LogP contribution is 2.03. The minimum absolute atomic E-state index is 0.164. The van der Waals surface area contributed by atoms with Crippen molar-refractivity contribution in [3.8, 4) is 5.75 Å². The van der Waals surface area contributed by atoms with Crippen LogP contribution in [0.1, 0.15) is 5.56 Å². The maximum absolute atomic E-state index is 11.6. The number of aromatic nitrogens is 2. The zero-order chi connectivity index (χ0) is 11.4. The molecule has 0 amide bonds. The van der Waals surface area contributed by atoms with E-state index in [1.165, 1.54) is 24.1 Å². The summed E-state index contributed by atoms with van der Waals surface area (Å²) in [5, 5.41) is 4.02. The molecule has 0 aliphatic rings. The number of nitrogens with zero attached hydrogens (tertiary/aromatic N) is 2. The van der Waals surface area contributed by atoms with Gasteiger partial charge in [-0.15, -0.1) is 0 Å². The van der Waals surface area contributed by atoms with Gasteiger partial charge in [-0.05, 0) is 5.56 Å². The van der Waals surface area contributed by atoms with Gasteiger partial charge < -0.3 is 4.74 Å². The Kier molecular flexibility index (Phi) is 3.00. The van der Waals surface area contributed by atoms with Crippen molar-refractivity contribution in [3.63, 3.8) is 0 Å². The smallest absolute Gasteiger partial charge is 0.270 e. The van der Waals surface area contributed by atoms with E-state index in [0.717, 1.165) is 5.56 Å². The third-order valence-electron chi connectivity index (χ3n) is 2.26. The summed E-state index contributed by atoms with van der Waals surface area (Å²) in [4.78, 5) is 11.6. The molecule has 0 atom stereocenters. The Balaban J connectivity index is 2.26. The molecule has 0 saturated heterocycles. The monoisotopic (exact) mass is 216 g/mol. The van der Waals surface area contributed by atoms with Crippen LogP contribution in [-0.4, -0.2) is 16.9 Å². The van der Waals surface area contributed by atoms with Gasteiger partial charge in [0.05, 0.1) is 19.9 Å². The van der Waals surface area contributed by atoms with Crippen molar-refractivity contribution in [1.82, 2.24) is 9.78 Å². The predicted octanol–water partition coefficient (Wildman–Crippen LogP) is 1.30. The summed E-state index contributed by atoms with van der Waals surface area (Å²) in [5.74, 6) is 0.481. The number of benzene rings is 1. The molecule has 2 rings (SSSR count). The van der Waals surface area contributed by atoms with Crippen LogP contribution in [0.5, 0.6) is 5.75 Å². The van der Waals surface area contributed by atoms with Crippen molar-refractivity contribution < 1.29 is 4.74 Å². The van der Waals surface area contributed by atoms with Crippen LogP contribution in [0.4, 0.5) is 0 Å². The topological polar surface area (TPSA) is 44.1 Å². The zero-order valence-corrected chi connectivity index (χ0v) is 8.96. The minimum Gasteiger partial charge on any atom is -0.495 e. The number of hydrogen-bond donors (Lipinski definition) is 0. The Morgan fingerprint density at radius 1 is 1.31 bits per heavy atom. The molecule has 16 heavy (non-hydrogen) atoms. The van der Waals surface area contributed by atoms with E-state index < -0.39 is 0 Å². The highest BCUT2D eigenvalue weighted by atomic mass is 16.5. The number of methoxy groups -OCH3 is 1. The van der Waals surface area contributed by atoms with E-state index in [4.69, 9.17) is 4.74 Å². The van der Waals surface area contributed by atoms with Gasteiger partial charge >= 0.3 is 0 Å². The van der Waals surface area contributed by atoms with Gasteiger partial charge in [-0.3, -0.25) is 4.79 Å². The Morgan fingerprint density at radius 2 is 2.06 bits per heavy atom. The lowest BCUT2D eigenvalue weighted by molar-refractivity contribution is 0.407. The second-order valence-corrected chi connectivity index (χ2v) is 3.38. The third-order valence-corrected chi connectivity index (χ3v) is 2.26. The molecule has 0 unspecified atom stereocenters. The second kappa shape index (κ2) is 4.61. The summed E-state index contributed by atoms with van der Waals surface area (Å²) in [6, 6.07) is 11.1. The van der Waals surface area contributed by atoms with Crippen molar-refractivity contribution >= 4 is 0 Å². The quantitative estimate of drug-likeness (QED) is 0.776. The Bertz CT molecular complexity index is 520. The molecule has 0 aliphatic heterocycles. The van der Waals surface area contributed by atoms with Crippen LogP contribution in [0.25, 0.3) is 0 Å². The molecule has 1 aromatic heterocycles. The molecule has 0 saturated carbocycles. The average Bonchev–Trinajstić information content (AvgIpc) is 2.33. The van der Waals surface area contributed by atoms with Gasteiger partial charge in [-0.2, -0.15) is 5.10 Å². The van der Waals surface area contributed by atoms with E-state index in [9.17, 15) is 4.79 Å². The summed E-state index contributed by atoms with van der Waals surface area (Å²) >= 11 is 0. The molecular formula is C12H12N2O2. The first-order valence-electron chi connectivity index (χ1n) is 4.94. The number of hydrogen-bond acceptors (Lipinski definition) is 3. The van der Waals surface area contributed by atoms with Gasteiger partial charge in [0.2, 0.25) is 0 Å². The summed E-state index contributed by atoms with van der Waals surface area (Å²) < 4.78 is 6.33. The van der Waals surface area contributed by atoms with Crippen LogP contribution in [0.3, 0.4) is 0 Å². The molecule has 4 heteroatoms. The summed E-state index contributed by atoms with van der Waals surface area (Å²) in [6.45, 7) is 0.476. The minimum atomic E-state index is -0.164.